The normalized spacial score (nSPS) is 10.1. The fraction of sp³-hybridized carbons (Fsp3) is 0.0909. The van der Waals surface area contributed by atoms with Crippen molar-refractivity contribution in [2.45, 2.75) is 0 Å². The second-order valence-corrected chi connectivity index (χ2v) is 3.13. The molecule has 0 bridgehead atoms. The summed E-state index contributed by atoms with van der Waals surface area (Å²) in [5.41, 5.74) is 0. The molecule has 1 aromatic carbocycles. The number of ether oxygens (including phenoxy) is 1. The van der Waals surface area contributed by atoms with Crippen LogP contribution >= 0.6 is 0 Å². The van der Waals surface area contributed by atoms with Crippen molar-refractivity contribution in [1.29, 1.82) is 0 Å². The molecule has 6 heteroatoms. The van der Waals surface area contributed by atoms with Crippen molar-refractivity contribution in [1.82, 2.24) is 9.97 Å². The molecule has 0 amide bonds. The molecule has 1 heterocycles. The lowest BCUT2D eigenvalue weighted by molar-refractivity contribution is 0.397. The Kier molecular flexibility index (Phi) is 3.13. The minimum atomic E-state index is -0.757. The highest BCUT2D eigenvalue weighted by molar-refractivity contribution is 5.32. The second-order valence-electron chi connectivity index (χ2n) is 3.13. The SMILES string of the molecule is CNc1ncc(F)c(Oc2ccccc2F)n1. The van der Waals surface area contributed by atoms with Gasteiger partial charge in [-0.25, -0.2) is 9.37 Å². The van der Waals surface area contributed by atoms with Gasteiger partial charge in [-0.05, 0) is 12.1 Å². The number of rotatable bonds is 3. The van der Waals surface area contributed by atoms with Gasteiger partial charge in [0.2, 0.25) is 11.8 Å². The zero-order chi connectivity index (χ0) is 12.3. The molecule has 88 valence electrons. The number of benzene rings is 1. The van der Waals surface area contributed by atoms with Gasteiger partial charge in [-0.3, -0.25) is 0 Å². The minimum Gasteiger partial charge on any atom is -0.433 e. The van der Waals surface area contributed by atoms with Crippen molar-refractivity contribution in [3.05, 3.63) is 42.1 Å². The molecule has 0 spiro atoms. The van der Waals surface area contributed by atoms with Crippen LogP contribution in [0.25, 0.3) is 0 Å². The Morgan fingerprint density at radius 2 is 1.94 bits per heavy atom. The summed E-state index contributed by atoms with van der Waals surface area (Å²) < 4.78 is 31.6. The van der Waals surface area contributed by atoms with E-state index in [0.717, 1.165) is 6.20 Å². The molecule has 0 aliphatic rings. The number of halogens is 2. The Morgan fingerprint density at radius 1 is 1.18 bits per heavy atom. The van der Waals surface area contributed by atoms with Crippen molar-refractivity contribution in [2.75, 3.05) is 12.4 Å². The number of anilines is 1. The molecule has 0 saturated carbocycles. The molecular weight excluding hydrogens is 228 g/mol. The quantitative estimate of drug-likeness (QED) is 0.891. The van der Waals surface area contributed by atoms with E-state index in [2.05, 4.69) is 15.3 Å². The number of nitrogens with one attached hydrogen (secondary N) is 1. The van der Waals surface area contributed by atoms with Crippen LogP contribution in [-0.2, 0) is 0 Å². The maximum atomic E-state index is 13.3. The van der Waals surface area contributed by atoms with E-state index in [1.54, 1.807) is 13.1 Å². The summed E-state index contributed by atoms with van der Waals surface area (Å²) >= 11 is 0. The Hall–Kier alpha value is -2.24. The van der Waals surface area contributed by atoms with Crippen molar-refractivity contribution < 1.29 is 13.5 Å². The zero-order valence-corrected chi connectivity index (χ0v) is 8.95. The van der Waals surface area contributed by atoms with Gasteiger partial charge < -0.3 is 10.1 Å². The van der Waals surface area contributed by atoms with Crippen LogP contribution in [0, 0.1) is 11.6 Å². The summed E-state index contributed by atoms with van der Waals surface area (Å²) in [7, 11) is 1.58. The van der Waals surface area contributed by atoms with Gasteiger partial charge in [0, 0.05) is 7.05 Å². The molecule has 2 aromatic rings. The van der Waals surface area contributed by atoms with E-state index in [-0.39, 0.29) is 17.6 Å². The molecule has 1 N–H and O–H groups in total. The second kappa shape index (κ2) is 4.73. The van der Waals surface area contributed by atoms with Gasteiger partial charge in [-0.15, -0.1) is 0 Å². The van der Waals surface area contributed by atoms with Crippen LogP contribution in [-0.4, -0.2) is 17.0 Å². The predicted molar refractivity (Wildman–Crippen MR) is 58.0 cm³/mol. The molecule has 0 saturated heterocycles. The van der Waals surface area contributed by atoms with Gasteiger partial charge in [0.1, 0.15) is 0 Å². The van der Waals surface area contributed by atoms with E-state index < -0.39 is 11.6 Å². The summed E-state index contributed by atoms with van der Waals surface area (Å²) in [6.45, 7) is 0. The van der Waals surface area contributed by atoms with Crippen LogP contribution in [0.5, 0.6) is 11.6 Å². The third kappa shape index (κ3) is 2.47. The first-order valence-electron chi connectivity index (χ1n) is 4.83. The predicted octanol–water partition coefficient (Wildman–Crippen LogP) is 2.59. The topological polar surface area (TPSA) is 47.0 Å². The van der Waals surface area contributed by atoms with E-state index >= 15 is 0 Å². The highest BCUT2D eigenvalue weighted by Crippen LogP contribution is 2.24. The van der Waals surface area contributed by atoms with Crippen molar-refractivity contribution in [3.8, 4) is 11.6 Å². The minimum absolute atomic E-state index is 0.0906. The van der Waals surface area contributed by atoms with Crippen molar-refractivity contribution in [3.63, 3.8) is 0 Å². The first-order chi connectivity index (χ1) is 8.20. The highest BCUT2D eigenvalue weighted by atomic mass is 19.1. The third-order valence-corrected chi connectivity index (χ3v) is 1.98. The van der Waals surface area contributed by atoms with Gasteiger partial charge >= 0.3 is 0 Å². The molecule has 17 heavy (non-hydrogen) atoms. The van der Waals surface area contributed by atoms with Crippen LogP contribution in [0.2, 0.25) is 0 Å². The van der Waals surface area contributed by atoms with Gasteiger partial charge in [0.25, 0.3) is 5.88 Å². The average Bonchev–Trinajstić information content (AvgIpc) is 2.35. The van der Waals surface area contributed by atoms with Gasteiger partial charge in [-0.1, -0.05) is 12.1 Å². The van der Waals surface area contributed by atoms with Crippen LogP contribution in [0.3, 0.4) is 0 Å². The number of para-hydroxylation sites is 1. The molecule has 0 radical (unpaired) electrons. The Bertz CT molecular complexity index is 534. The summed E-state index contributed by atoms with van der Waals surface area (Å²) in [5.74, 6) is -1.57. The van der Waals surface area contributed by atoms with Crippen LogP contribution < -0.4 is 10.1 Å². The van der Waals surface area contributed by atoms with Gasteiger partial charge in [0.05, 0.1) is 6.20 Å². The van der Waals surface area contributed by atoms with Crippen LogP contribution in [0.1, 0.15) is 0 Å². The molecular formula is C11H9F2N3O. The molecule has 1 aromatic heterocycles. The Balaban J connectivity index is 2.32. The number of hydrogen-bond acceptors (Lipinski definition) is 4. The number of aromatic nitrogens is 2. The molecule has 4 nitrogen and oxygen atoms in total. The van der Waals surface area contributed by atoms with Crippen molar-refractivity contribution in [2.24, 2.45) is 0 Å². The summed E-state index contributed by atoms with van der Waals surface area (Å²) in [6, 6.07) is 5.69. The first kappa shape index (κ1) is 11.3. The van der Waals surface area contributed by atoms with E-state index in [1.165, 1.54) is 18.2 Å². The fourth-order valence-electron chi connectivity index (χ4n) is 1.18. The Morgan fingerprint density at radius 3 is 2.65 bits per heavy atom. The van der Waals surface area contributed by atoms with E-state index in [0.29, 0.717) is 0 Å². The molecule has 0 aliphatic heterocycles. The first-order valence-corrected chi connectivity index (χ1v) is 4.83. The maximum absolute atomic E-state index is 13.3. The molecule has 0 aliphatic carbocycles. The molecule has 0 atom stereocenters. The van der Waals surface area contributed by atoms with E-state index in [1.807, 2.05) is 0 Å². The molecule has 2 rings (SSSR count). The summed E-state index contributed by atoms with van der Waals surface area (Å²) in [5, 5.41) is 2.63. The van der Waals surface area contributed by atoms with Crippen LogP contribution in [0.4, 0.5) is 14.7 Å². The molecule has 0 fully saturated rings. The van der Waals surface area contributed by atoms with E-state index in [9.17, 15) is 8.78 Å². The zero-order valence-electron chi connectivity index (χ0n) is 8.95. The largest absolute Gasteiger partial charge is 0.433 e. The molecule has 0 unspecified atom stereocenters. The Labute approximate surface area is 96.3 Å². The maximum Gasteiger partial charge on any atom is 0.260 e. The summed E-state index contributed by atoms with van der Waals surface area (Å²) in [4.78, 5) is 7.39. The highest BCUT2D eigenvalue weighted by Gasteiger charge is 2.11. The third-order valence-electron chi connectivity index (χ3n) is 1.98. The monoisotopic (exact) mass is 237 g/mol. The number of nitrogens with zero attached hydrogens (tertiary/aromatic N) is 2. The van der Waals surface area contributed by atoms with Crippen molar-refractivity contribution >= 4 is 5.95 Å². The van der Waals surface area contributed by atoms with Gasteiger partial charge in [0.15, 0.2) is 11.6 Å². The standard InChI is InChI=1S/C11H9F2N3O/c1-14-11-15-6-8(13)10(16-11)17-9-5-3-2-4-7(9)12/h2-6H,1H3,(H,14,15,16). The number of hydrogen-bond donors (Lipinski definition) is 1. The summed E-state index contributed by atoms with van der Waals surface area (Å²) in [6.07, 6.45) is 0.953. The smallest absolute Gasteiger partial charge is 0.260 e. The lowest BCUT2D eigenvalue weighted by Crippen LogP contribution is -2.00. The van der Waals surface area contributed by atoms with Gasteiger partial charge in [-0.2, -0.15) is 9.37 Å². The lowest BCUT2D eigenvalue weighted by Gasteiger charge is -2.07. The van der Waals surface area contributed by atoms with Crippen LogP contribution in [0.15, 0.2) is 30.5 Å². The average molecular weight is 237 g/mol. The fourth-order valence-corrected chi connectivity index (χ4v) is 1.18. The van der Waals surface area contributed by atoms with E-state index in [4.69, 9.17) is 4.74 Å². The lowest BCUT2D eigenvalue weighted by atomic mass is 10.3.